The van der Waals surface area contributed by atoms with Crippen LogP contribution in [0.15, 0.2) is 35.0 Å². The second-order valence-corrected chi connectivity index (χ2v) is 4.98. The molecule has 7 heteroatoms. The Balaban J connectivity index is 1.81. The number of nitrogens with zero attached hydrogens (tertiary/aromatic N) is 4. The minimum Gasteiger partial charge on any atom is -0.497 e. The largest absolute Gasteiger partial charge is 0.497 e. The van der Waals surface area contributed by atoms with Crippen molar-refractivity contribution < 1.29 is 13.9 Å². The third-order valence-electron chi connectivity index (χ3n) is 3.45. The molecule has 1 amide bonds. The summed E-state index contributed by atoms with van der Waals surface area (Å²) in [7, 11) is 3.34. The first-order valence-corrected chi connectivity index (χ1v) is 6.77. The highest BCUT2D eigenvalue weighted by Crippen LogP contribution is 2.18. The molecule has 22 heavy (non-hydrogen) atoms. The number of fused-ring (bicyclic) bond motifs is 1. The molecule has 0 bridgehead atoms. The zero-order valence-corrected chi connectivity index (χ0v) is 12.6. The van der Waals surface area contributed by atoms with Crippen LogP contribution in [0.3, 0.4) is 0 Å². The van der Waals surface area contributed by atoms with Gasteiger partial charge in [0.25, 0.3) is 5.91 Å². The number of aromatic nitrogens is 3. The van der Waals surface area contributed by atoms with Gasteiger partial charge in [-0.2, -0.15) is 14.6 Å². The molecule has 114 valence electrons. The van der Waals surface area contributed by atoms with Gasteiger partial charge in [-0.3, -0.25) is 4.79 Å². The smallest absolute Gasteiger partial charge is 0.325 e. The number of carbonyl (C=O) groups excluding carboxylic acids is 1. The molecule has 0 saturated carbocycles. The number of carbonyl (C=O) groups is 1. The van der Waals surface area contributed by atoms with Crippen LogP contribution in [-0.2, 0) is 6.54 Å². The standard InChI is InChI=1S/C15H16N4O3/c1-10-13(22-15-16-9-17-19(10)15)14(20)18(2)8-11-5-4-6-12(7-11)21-3/h4-7,9H,8H2,1-3H3. The van der Waals surface area contributed by atoms with Crippen molar-refractivity contribution in [3.05, 3.63) is 47.6 Å². The Labute approximate surface area is 127 Å². The van der Waals surface area contributed by atoms with E-state index in [9.17, 15) is 4.79 Å². The number of oxazole rings is 1. The molecule has 0 aliphatic rings. The lowest BCUT2D eigenvalue weighted by Crippen LogP contribution is -2.26. The van der Waals surface area contributed by atoms with E-state index in [0.29, 0.717) is 18.1 Å². The summed E-state index contributed by atoms with van der Waals surface area (Å²) < 4.78 is 12.2. The maximum absolute atomic E-state index is 12.5. The SMILES string of the molecule is COc1cccc(CN(C)C(=O)c2oc3ncnn3c2C)c1. The molecule has 0 aliphatic carbocycles. The third-order valence-corrected chi connectivity index (χ3v) is 3.45. The van der Waals surface area contributed by atoms with Crippen molar-refractivity contribution in [3.8, 4) is 5.75 Å². The summed E-state index contributed by atoms with van der Waals surface area (Å²) in [6.07, 6.45) is 1.39. The van der Waals surface area contributed by atoms with Gasteiger partial charge in [0.1, 0.15) is 12.1 Å². The summed E-state index contributed by atoms with van der Waals surface area (Å²) in [6, 6.07) is 7.59. The van der Waals surface area contributed by atoms with Gasteiger partial charge in [-0.25, -0.2) is 0 Å². The lowest BCUT2D eigenvalue weighted by Gasteiger charge is -2.16. The highest BCUT2D eigenvalue weighted by Gasteiger charge is 2.22. The Morgan fingerprint density at radius 2 is 2.27 bits per heavy atom. The molecule has 0 atom stereocenters. The first-order chi connectivity index (χ1) is 10.6. The molecular weight excluding hydrogens is 284 g/mol. The summed E-state index contributed by atoms with van der Waals surface area (Å²) in [6.45, 7) is 2.23. The van der Waals surface area contributed by atoms with E-state index in [2.05, 4.69) is 10.1 Å². The molecular formula is C15H16N4O3. The highest BCUT2D eigenvalue weighted by atomic mass is 16.5. The molecule has 2 aromatic heterocycles. The lowest BCUT2D eigenvalue weighted by molar-refractivity contribution is 0.0754. The Kier molecular flexibility index (Phi) is 3.54. The van der Waals surface area contributed by atoms with Crippen molar-refractivity contribution in [1.82, 2.24) is 19.5 Å². The Morgan fingerprint density at radius 1 is 1.45 bits per heavy atom. The number of hydrogen-bond donors (Lipinski definition) is 0. The van der Waals surface area contributed by atoms with E-state index in [0.717, 1.165) is 11.3 Å². The van der Waals surface area contributed by atoms with E-state index in [-0.39, 0.29) is 11.7 Å². The molecule has 0 saturated heterocycles. The van der Waals surface area contributed by atoms with Crippen molar-refractivity contribution in [3.63, 3.8) is 0 Å². The van der Waals surface area contributed by atoms with Crippen LogP contribution >= 0.6 is 0 Å². The Hall–Kier alpha value is -2.83. The maximum Gasteiger partial charge on any atom is 0.325 e. The van der Waals surface area contributed by atoms with Gasteiger partial charge in [-0.15, -0.1) is 0 Å². The molecule has 1 aromatic carbocycles. The van der Waals surface area contributed by atoms with E-state index < -0.39 is 0 Å². The molecule has 2 heterocycles. The molecule has 3 aromatic rings. The van der Waals surface area contributed by atoms with Gasteiger partial charge in [0, 0.05) is 13.6 Å². The van der Waals surface area contributed by atoms with Gasteiger partial charge < -0.3 is 14.1 Å². The fraction of sp³-hybridized carbons (Fsp3) is 0.267. The van der Waals surface area contributed by atoms with Crippen LogP contribution in [0, 0.1) is 6.92 Å². The van der Waals surface area contributed by atoms with Crippen molar-refractivity contribution in [2.45, 2.75) is 13.5 Å². The molecule has 0 spiro atoms. The van der Waals surface area contributed by atoms with Crippen molar-refractivity contribution >= 4 is 11.8 Å². The molecule has 7 nitrogen and oxygen atoms in total. The van der Waals surface area contributed by atoms with Gasteiger partial charge >= 0.3 is 5.84 Å². The predicted molar refractivity (Wildman–Crippen MR) is 78.8 cm³/mol. The molecule has 0 radical (unpaired) electrons. The quantitative estimate of drug-likeness (QED) is 0.736. The van der Waals surface area contributed by atoms with E-state index in [1.165, 1.54) is 10.8 Å². The van der Waals surface area contributed by atoms with Gasteiger partial charge in [0.15, 0.2) is 0 Å². The van der Waals surface area contributed by atoms with Crippen LogP contribution in [-0.4, -0.2) is 39.6 Å². The fourth-order valence-corrected chi connectivity index (χ4v) is 2.28. The van der Waals surface area contributed by atoms with Crippen molar-refractivity contribution in [2.24, 2.45) is 0 Å². The topological polar surface area (TPSA) is 72.9 Å². The van der Waals surface area contributed by atoms with Gasteiger partial charge in [0.05, 0.1) is 12.8 Å². The summed E-state index contributed by atoms with van der Waals surface area (Å²) >= 11 is 0. The van der Waals surface area contributed by atoms with Crippen molar-refractivity contribution in [1.29, 1.82) is 0 Å². The van der Waals surface area contributed by atoms with Crippen LogP contribution in [0.1, 0.15) is 21.8 Å². The lowest BCUT2D eigenvalue weighted by atomic mass is 10.2. The van der Waals surface area contributed by atoms with Crippen LogP contribution in [0.5, 0.6) is 5.75 Å². The second kappa shape index (κ2) is 5.51. The van der Waals surface area contributed by atoms with Gasteiger partial charge in [-0.05, 0) is 24.6 Å². The number of methoxy groups -OCH3 is 1. The summed E-state index contributed by atoms with van der Waals surface area (Å²) in [5, 5.41) is 4.01. The number of amides is 1. The average Bonchev–Trinajstić information content (AvgIpc) is 3.10. The first kappa shape index (κ1) is 14.1. The van der Waals surface area contributed by atoms with E-state index in [1.54, 1.807) is 26.0 Å². The number of rotatable bonds is 4. The summed E-state index contributed by atoms with van der Waals surface area (Å²) in [5.74, 6) is 1.11. The molecule has 0 fully saturated rings. The van der Waals surface area contributed by atoms with Crippen molar-refractivity contribution in [2.75, 3.05) is 14.2 Å². The summed E-state index contributed by atoms with van der Waals surface area (Å²) in [5.41, 5.74) is 1.61. The van der Waals surface area contributed by atoms with E-state index in [1.807, 2.05) is 24.3 Å². The zero-order chi connectivity index (χ0) is 15.7. The average molecular weight is 300 g/mol. The zero-order valence-electron chi connectivity index (χ0n) is 12.6. The first-order valence-electron chi connectivity index (χ1n) is 6.77. The Morgan fingerprint density at radius 3 is 3.00 bits per heavy atom. The number of benzene rings is 1. The fourth-order valence-electron chi connectivity index (χ4n) is 2.28. The second-order valence-electron chi connectivity index (χ2n) is 4.98. The van der Waals surface area contributed by atoms with Crippen LogP contribution in [0.4, 0.5) is 0 Å². The van der Waals surface area contributed by atoms with Gasteiger partial charge in [0.2, 0.25) is 5.76 Å². The van der Waals surface area contributed by atoms with E-state index in [4.69, 9.17) is 9.15 Å². The normalized spacial score (nSPS) is 10.9. The maximum atomic E-state index is 12.5. The monoisotopic (exact) mass is 300 g/mol. The molecule has 0 aliphatic heterocycles. The highest BCUT2D eigenvalue weighted by molar-refractivity contribution is 5.92. The molecule has 0 N–H and O–H groups in total. The minimum atomic E-state index is -0.215. The Bertz CT molecular complexity index is 821. The number of hydrogen-bond acceptors (Lipinski definition) is 5. The summed E-state index contributed by atoms with van der Waals surface area (Å²) in [4.78, 5) is 18.1. The third kappa shape index (κ3) is 2.41. The number of ether oxygens (including phenoxy) is 1. The number of aryl methyl sites for hydroxylation is 1. The minimum absolute atomic E-state index is 0.215. The van der Waals surface area contributed by atoms with Crippen LogP contribution in [0.2, 0.25) is 0 Å². The molecule has 0 unspecified atom stereocenters. The molecule has 3 rings (SSSR count). The van der Waals surface area contributed by atoms with Crippen LogP contribution < -0.4 is 4.74 Å². The van der Waals surface area contributed by atoms with E-state index >= 15 is 0 Å². The van der Waals surface area contributed by atoms with Crippen LogP contribution in [0.25, 0.3) is 5.84 Å². The van der Waals surface area contributed by atoms with Gasteiger partial charge in [-0.1, -0.05) is 12.1 Å². The predicted octanol–water partition coefficient (Wildman–Crippen LogP) is 1.91.